The smallest absolute Gasteiger partial charge is 0.339 e. The van der Waals surface area contributed by atoms with Crippen LogP contribution < -0.4 is 10.4 Å². The monoisotopic (exact) mass is 462 g/mol. The van der Waals surface area contributed by atoms with Crippen molar-refractivity contribution in [3.63, 3.8) is 0 Å². The predicted molar refractivity (Wildman–Crippen MR) is 94.4 cm³/mol. The van der Waals surface area contributed by atoms with Gasteiger partial charge in [-0.1, -0.05) is 29.3 Å². The Labute approximate surface area is 152 Å². The second kappa shape index (κ2) is 6.24. The predicted octanol–water partition coefficient (Wildman–Crippen LogP) is 6.42. The number of para-hydroxylation sites is 1. The van der Waals surface area contributed by atoms with Crippen molar-refractivity contribution in [1.82, 2.24) is 0 Å². The molecule has 1 aromatic heterocycles. The summed E-state index contributed by atoms with van der Waals surface area (Å²) in [7, 11) is 0. The van der Waals surface area contributed by atoms with Crippen LogP contribution in [0.2, 0.25) is 10.0 Å². The molecular formula is C15H6Br2Cl2O3. The molecule has 3 rings (SSSR count). The van der Waals surface area contributed by atoms with Crippen molar-refractivity contribution in [2.45, 2.75) is 0 Å². The van der Waals surface area contributed by atoms with Crippen LogP contribution in [0, 0.1) is 0 Å². The summed E-state index contributed by atoms with van der Waals surface area (Å²) in [5.74, 6) is 0.789. The third-order valence-corrected chi connectivity index (χ3v) is 4.95. The Balaban J connectivity index is 2.27. The molecule has 0 saturated heterocycles. The summed E-state index contributed by atoms with van der Waals surface area (Å²) in [5, 5.41) is 1.05. The summed E-state index contributed by atoms with van der Waals surface area (Å²) in [6.07, 6.45) is 0. The Morgan fingerprint density at radius 3 is 2.41 bits per heavy atom. The molecule has 112 valence electrons. The van der Waals surface area contributed by atoms with E-state index in [4.69, 9.17) is 32.4 Å². The summed E-state index contributed by atoms with van der Waals surface area (Å²) < 4.78 is 12.5. The van der Waals surface area contributed by atoms with Gasteiger partial charge in [0, 0.05) is 0 Å². The fourth-order valence-electron chi connectivity index (χ4n) is 1.94. The van der Waals surface area contributed by atoms with Crippen molar-refractivity contribution in [2.24, 2.45) is 0 Å². The Hall–Kier alpha value is -1.01. The Bertz CT molecular complexity index is 918. The van der Waals surface area contributed by atoms with Gasteiger partial charge < -0.3 is 9.15 Å². The second-order valence-corrected chi connectivity index (χ2v) is 6.81. The van der Waals surface area contributed by atoms with Gasteiger partial charge in [0.05, 0.1) is 30.4 Å². The molecule has 3 aromatic rings. The van der Waals surface area contributed by atoms with Gasteiger partial charge in [0.2, 0.25) is 0 Å². The fraction of sp³-hybridized carbons (Fsp3) is 0. The third-order valence-electron chi connectivity index (χ3n) is 2.89. The van der Waals surface area contributed by atoms with Gasteiger partial charge in [-0.3, -0.25) is 0 Å². The van der Waals surface area contributed by atoms with Crippen LogP contribution in [0.3, 0.4) is 0 Å². The molecule has 2 aromatic carbocycles. The Morgan fingerprint density at radius 1 is 1.05 bits per heavy atom. The number of rotatable bonds is 2. The maximum atomic E-state index is 11.7. The van der Waals surface area contributed by atoms with Crippen molar-refractivity contribution < 1.29 is 9.15 Å². The normalized spacial score (nSPS) is 10.9. The minimum absolute atomic E-state index is 0.265. The van der Waals surface area contributed by atoms with Gasteiger partial charge in [-0.2, -0.15) is 0 Å². The van der Waals surface area contributed by atoms with E-state index in [1.54, 1.807) is 12.1 Å². The number of benzene rings is 2. The van der Waals surface area contributed by atoms with Gasteiger partial charge in [0.25, 0.3) is 0 Å². The van der Waals surface area contributed by atoms with E-state index in [1.165, 1.54) is 6.07 Å². The molecule has 0 saturated carbocycles. The molecule has 0 spiro atoms. The lowest BCUT2D eigenvalue weighted by Gasteiger charge is -2.12. The zero-order chi connectivity index (χ0) is 15.9. The number of halogens is 4. The highest BCUT2D eigenvalue weighted by Gasteiger charge is 2.16. The van der Waals surface area contributed by atoms with Crippen molar-refractivity contribution in [3.8, 4) is 11.5 Å². The molecular weight excluding hydrogens is 459 g/mol. The van der Waals surface area contributed by atoms with Crippen LogP contribution in [-0.2, 0) is 0 Å². The average Bonchev–Trinajstić information content (AvgIpc) is 2.46. The van der Waals surface area contributed by atoms with E-state index in [9.17, 15) is 4.79 Å². The highest BCUT2D eigenvalue weighted by Crippen LogP contribution is 2.41. The standard InChI is InChI=1S/C15H6Br2Cl2O3/c16-7-2-1-3-8(17)15(7)22-11-6-12(20)21-10-5-4-9(18)14(19)13(10)11/h1-6H. The lowest BCUT2D eigenvalue weighted by atomic mass is 10.2. The quantitative estimate of drug-likeness (QED) is 0.411. The van der Waals surface area contributed by atoms with E-state index in [2.05, 4.69) is 31.9 Å². The molecule has 0 N–H and O–H groups in total. The zero-order valence-corrected chi connectivity index (χ0v) is 15.4. The van der Waals surface area contributed by atoms with Crippen LogP contribution in [0.15, 0.2) is 54.6 Å². The number of fused-ring (bicyclic) bond motifs is 1. The molecule has 0 bridgehead atoms. The Morgan fingerprint density at radius 2 is 1.73 bits per heavy atom. The molecule has 0 aliphatic carbocycles. The fourth-order valence-corrected chi connectivity index (χ4v) is 3.50. The van der Waals surface area contributed by atoms with E-state index >= 15 is 0 Å². The molecule has 1 heterocycles. The maximum absolute atomic E-state index is 11.7. The summed E-state index contributed by atoms with van der Waals surface area (Å²) >= 11 is 19.1. The van der Waals surface area contributed by atoms with Crippen LogP contribution in [-0.4, -0.2) is 0 Å². The molecule has 0 atom stereocenters. The SMILES string of the molecule is O=c1cc(Oc2c(Br)cccc2Br)c2c(Cl)c(Cl)ccc2o1. The van der Waals surface area contributed by atoms with Gasteiger partial charge in [0.1, 0.15) is 11.3 Å². The van der Waals surface area contributed by atoms with E-state index in [-0.39, 0.29) is 10.8 Å². The van der Waals surface area contributed by atoms with Crippen LogP contribution in [0.4, 0.5) is 0 Å². The first-order chi connectivity index (χ1) is 10.5. The topological polar surface area (TPSA) is 39.4 Å². The van der Waals surface area contributed by atoms with Gasteiger partial charge in [0.15, 0.2) is 5.75 Å². The number of hydrogen-bond donors (Lipinski definition) is 0. The lowest BCUT2D eigenvalue weighted by Crippen LogP contribution is -1.99. The lowest BCUT2D eigenvalue weighted by molar-refractivity contribution is 0.470. The molecule has 0 aliphatic rings. The summed E-state index contributed by atoms with van der Waals surface area (Å²) in [6, 6.07) is 9.86. The van der Waals surface area contributed by atoms with E-state index in [0.717, 1.165) is 8.95 Å². The molecule has 0 radical (unpaired) electrons. The van der Waals surface area contributed by atoms with Crippen LogP contribution in [0.1, 0.15) is 0 Å². The van der Waals surface area contributed by atoms with Crippen molar-refractivity contribution in [3.05, 3.63) is 65.8 Å². The minimum atomic E-state index is -0.538. The van der Waals surface area contributed by atoms with Crippen LogP contribution >= 0.6 is 55.1 Å². The molecule has 0 fully saturated rings. The first kappa shape index (κ1) is 15.9. The molecule has 0 amide bonds. The molecule has 0 unspecified atom stereocenters. The Kier molecular flexibility index (Phi) is 4.50. The first-order valence-electron chi connectivity index (χ1n) is 6.01. The summed E-state index contributed by atoms with van der Waals surface area (Å²) in [5.41, 5.74) is -0.232. The highest BCUT2D eigenvalue weighted by atomic mass is 79.9. The molecule has 0 aliphatic heterocycles. The van der Waals surface area contributed by atoms with Crippen molar-refractivity contribution in [1.29, 1.82) is 0 Å². The highest BCUT2D eigenvalue weighted by molar-refractivity contribution is 9.11. The number of ether oxygens (including phenoxy) is 1. The summed E-state index contributed by atoms with van der Waals surface area (Å²) in [4.78, 5) is 11.7. The van der Waals surface area contributed by atoms with Gasteiger partial charge >= 0.3 is 5.63 Å². The average molecular weight is 465 g/mol. The summed E-state index contributed by atoms with van der Waals surface area (Å²) in [6.45, 7) is 0. The first-order valence-corrected chi connectivity index (χ1v) is 8.35. The van der Waals surface area contributed by atoms with E-state index in [1.807, 2.05) is 18.2 Å². The van der Waals surface area contributed by atoms with Crippen LogP contribution in [0.25, 0.3) is 11.0 Å². The van der Waals surface area contributed by atoms with Gasteiger partial charge in [-0.15, -0.1) is 0 Å². The van der Waals surface area contributed by atoms with E-state index in [0.29, 0.717) is 21.7 Å². The van der Waals surface area contributed by atoms with Crippen molar-refractivity contribution in [2.75, 3.05) is 0 Å². The minimum Gasteiger partial charge on any atom is -0.454 e. The van der Waals surface area contributed by atoms with Crippen LogP contribution in [0.5, 0.6) is 11.5 Å². The largest absolute Gasteiger partial charge is 0.454 e. The molecule has 3 nitrogen and oxygen atoms in total. The number of hydrogen-bond acceptors (Lipinski definition) is 3. The zero-order valence-electron chi connectivity index (χ0n) is 10.7. The van der Waals surface area contributed by atoms with E-state index < -0.39 is 5.63 Å². The third kappa shape index (κ3) is 2.91. The van der Waals surface area contributed by atoms with Gasteiger partial charge in [-0.05, 0) is 56.1 Å². The molecule has 7 heteroatoms. The van der Waals surface area contributed by atoms with Crippen molar-refractivity contribution >= 4 is 66.0 Å². The van der Waals surface area contributed by atoms with Gasteiger partial charge in [-0.25, -0.2) is 4.79 Å². The second-order valence-electron chi connectivity index (χ2n) is 4.32. The maximum Gasteiger partial charge on any atom is 0.339 e. The molecule has 22 heavy (non-hydrogen) atoms.